The molecule has 2 amide bonds. The van der Waals surface area contributed by atoms with Crippen LogP contribution in [0.2, 0.25) is 0 Å². The first kappa shape index (κ1) is 20.4. The number of ether oxygens (including phenoxy) is 1. The Morgan fingerprint density at radius 1 is 1.03 bits per heavy atom. The van der Waals surface area contributed by atoms with Crippen LogP contribution >= 0.6 is 0 Å². The Hall–Kier alpha value is -3.35. The number of benzene rings is 2. The number of hydrogen-bond acceptors (Lipinski definition) is 5. The molecule has 0 saturated carbocycles. The Labute approximate surface area is 169 Å². The number of rotatable bonds is 10. The summed E-state index contributed by atoms with van der Waals surface area (Å²) in [5.74, 6) is -1.45. The molecule has 2 aromatic carbocycles. The number of aliphatic carboxylic acids is 1. The van der Waals surface area contributed by atoms with Crippen molar-refractivity contribution in [3.63, 3.8) is 0 Å². The lowest BCUT2D eigenvalue weighted by Crippen LogP contribution is -2.48. The third-order valence-corrected chi connectivity index (χ3v) is 5.07. The van der Waals surface area contributed by atoms with Gasteiger partial charge in [0.15, 0.2) is 0 Å². The van der Waals surface area contributed by atoms with Gasteiger partial charge in [0.25, 0.3) is 0 Å². The molecule has 0 heterocycles. The SMILES string of the molecule is O=CNCCCC[C@H](NC(=O)OCC1c2ccccc2-c2ccccc21)C(=O)[O-]. The van der Waals surface area contributed by atoms with Crippen molar-refractivity contribution in [1.82, 2.24) is 10.6 Å². The molecule has 2 aromatic rings. The standard InChI is InChI=1S/C22H24N2O5/c25-14-23-12-6-5-11-20(21(26)27)24-22(28)29-13-19-17-9-3-1-7-15(17)16-8-2-4-10-18(16)19/h1-4,7-10,14,19-20H,5-6,11-13H2,(H,23,25)(H,24,28)(H,26,27)/p-1/t20-/m0/s1. The van der Waals surface area contributed by atoms with E-state index >= 15 is 0 Å². The lowest BCUT2D eigenvalue weighted by Gasteiger charge is -2.20. The maximum atomic E-state index is 12.2. The summed E-state index contributed by atoms with van der Waals surface area (Å²) in [5, 5.41) is 16.2. The van der Waals surface area contributed by atoms with Crippen molar-refractivity contribution in [2.45, 2.75) is 31.2 Å². The molecule has 0 aromatic heterocycles. The minimum Gasteiger partial charge on any atom is -0.548 e. The summed E-state index contributed by atoms with van der Waals surface area (Å²) >= 11 is 0. The molecule has 0 bridgehead atoms. The molecule has 2 N–H and O–H groups in total. The van der Waals surface area contributed by atoms with Crippen LogP contribution < -0.4 is 15.7 Å². The van der Waals surface area contributed by atoms with Gasteiger partial charge in [-0.2, -0.15) is 0 Å². The highest BCUT2D eigenvalue weighted by molar-refractivity contribution is 5.80. The highest BCUT2D eigenvalue weighted by Gasteiger charge is 2.29. The molecule has 0 unspecified atom stereocenters. The Morgan fingerprint density at radius 3 is 2.24 bits per heavy atom. The lowest BCUT2D eigenvalue weighted by molar-refractivity contribution is -0.308. The van der Waals surface area contributed by atoms with Gasteiger partial charge < -0.3 is 25.3 Å². The van der Waals surface area contributed by atoms with Crippen LogP contribution in [0.5, 0.6) is 0 Å². The second-order valence-electron chi connectivity index (χ2n) is 6.91. The highest BCUT2D eigenvalue weighted by atomic mass is 16.5. The van der Waals surface area contributed by atoms with Gasteiger partial charge in [-0.25, -0.2) is 4.79 Å². The first-order chi connectivity index (χ1) is 14.1. The highest BCUT2D eigenvalue weighted by Crippen LogP contribution is 2.44. The second kappa shape index (κ2) is 9.73. The predicted octanol–water partition coefficient (Wildman–Crippen LogP) is 1.56. The molecule has 0 spiro atoms. The van der Waals surface area contributed by atoms with Crippen molar-refractivity contribution in [3.8, 4) is 11.1 Å². The number of amides is 2. The smallest absolute Gasteiger partial charge is 0.407 e. The average molecular weight is 395 g/mol. The van der Waals surface area contributed by atoms with E-state index in [1.165, 1.54) is 0 Å². The van der Waals surface area contributed by atoms with Crippen LogP contribution in [-0.4, -0.2) is 37.7 Å². The lowest BCUT2D eigenvalue weighted by atomic mass is 9.98. The van der Waals surface area contributed by atoms with E-state index in [-0.39, 0.29) is 18.9 Å². The van der Waals surface area contributed by atoms with E-state index in [1.807, 2.05) is 48.5 Å². The first-order valence-corrected chi connectivity index (χ1v) is 9.61. The number of unbranched alkanes of at least 4 members (excludes halogenated alkanes) is 1. The number of hydrogen-bond donors (Lipinski definition) is 2. The van der Waals surface area contributed by atoms with Gasteiger partial charge in [-0.15, -0.1) is 0 Å². The van der Waals surface area contributed by atoms with Crippen LogP contribution in [0.1, 0.15) is 36.3 Å². The zero-order valence-electron chi connectivity index (χ0n) is 15.9. The molecule has 7 heteroatoms. The summed E-state index contributed by atoms with van der Waals surface area (Å²) in [7, 11) is 0. The fourth-order valence-corrected chi connectivity index (χ4v) is 3.67. The van der Waals surface area contributed by atoms with E-state index in [9.17, 15) is 19.5 Å². The minimum absolute atomic E-state index is 0.0935. The van der Waals surface area contributed by atoms with Gasteiger partial charge in [0.1, 0.15) is 6.61 Å². The van der Waals surface area contributed by atoms with Crippen LogP contribution in [0.25, 0.3) is 11.1 Å². The zero-order chi connectivity index (χ0) is 20.6. The van der Waals surface area contributed by atoms with Gasteiger partial charge in [-0.1, -0.05) is 48.5 Å². The summed E-state index contributed by atoms with van der Waals surface area (Å²) in [6.45, 7) is 0.567. The molecular formula is C22H23N2O5-. The van der Waals surface area contributed by atoms with E-state index < -0.39 is 18.1 Å². The maximum Gasteiger partial charge on any atom is 0.407 e. The third kappa shape index (κ3) is 4.93. The van der Waals surface area contributed by atoms with Crippen LogP contribution in [0.4, 0.5) is 4.79 Å². The van der Waals surface area contributed by atoms with Crippen LogP contribution in [0.15, 0.2) is 48.5 Å². The largest absolute Gasteiger partial charge is 0.548 e. The van der Waals surface area contributed by atoms with Gasteiger partial charge in [0, 0.05) is 12.5 Å². The topological polar surface area (TPSA) is 108 Å². The Bertz CT molecular complexity index is 838. The van der Waals surface area contributed by atoms with E-state index in [0.717, 1.165) is 22.3 Å². The normalized spacial score (nSPS) is 13.1. The van der Waals surface area contributed by atoms with Crippen LogP contribution in [-0.2, 0) is 14.3 Å². The number of carboxylic acid groups (broad SMARTS) is 1. The monoisotopic (exact) mass is 395 g/mol. The van der Waals surface area contributed by atoms with E-state index in [2.05, 4.69) is 10.6 Å². The molecule has 1 aliphatic carbocycles. The minimum atomic E-state index is -1.36. The molecule has 0 fully saturated rings. The summed E-state index contributed by atoms with van der Waals surface area (Å²) in [6.07, 6.45) is 1.13. The Kier molecular flexibility index (Phi) is 6.84. The third-order valence-electron chi connectivity index (χ3n) is 5.07. The van der Waals surface area contributed by atoms with Gasteiger partial charge in [0.05, 0.1) is 12.0 Å². The molecular weight excluding hydrogens is 372 g/mol. The van der Waals surface area contributed by atoms with E-state index in [4.69, 9.17) is 4.74 Å². The number of carbonyl (C=O) groups is 3. The van der Waals surface area contributed by atoms with Crippen molar-refractivity contribution in [2.24, 2.45) is 0 Å². The van der Waals surface area contributed by atoms with Gasteiger partial charge in [-0.05, 0) is 41.5 Å². The quantitative estimate of drug-likeness (QED) is 0.469. The number of fused-ring (bicyclic) bond motifs is 3. The molecule has 0 saturated heterocycles. The second-order valence-corrected chi connectivity index (χ2v) is 6.91. The molecule has 1 aliphatic rings. The predicted molar refractivity (Wildman–Crippen MR) is 105 cm³/mol. The van der Waals surface area contributed by atoms with Crippen molar-refractivity contribution in [3.05, 3.63) is 59.7 Å². The molecule has 7 nitrogen and oxygen atoms in total. The number of nitrogens with one attached hydrogen (secondary N) is 2. The fourth-order valence-electron chi connectivity index (χ4n) is 3.67. The molecule has 0 radical (unpaired) electrons. The molecule has 3 rings (SSSR count). The number of carbonyl (C=O) groups excluding carboxylic acids is 3. The number of alkyl carbamates (subject to hydrolysis) is 1. The van der Waals surface area contributed by atoms with E-state index in [0.29, 0.717) is 25.8 Å². The van der Waals surface area contributed by atoms with Crippen molar-refractivity contribution >= 4 is 18.5 Å². The van der Waals surface area contributed by atoms with Gasteiger partial charge >= 0.3 is 6.09 Å². The van der Waals surface area contributed by atoms with Crippen molar-refractivity contribution in [1.29, 1.82) is 0 Å². The molecule has 1 atom stereocenters. The summed E-state index contributed by atoms with van der Waals surface area (Å²) in [4.78, 5) is 33.7. The van der Waals surface area contributed by atoms with Crippen molar-refractivity contribution < 1.29 is 24.2 Å². The Balaban J connectivity index is 1.57. The molecule has 152 valence electrons. The maximum absolute atomic E-state index is 12.2. The van der Waals surface area contributed by atoms with E-state index in [1.54, 1.807) is 0 Å². The fraction of sp³-hybridized carbons (Fsp3) is 0.318. The first-order valence-electron chi connectivity index (χ1n) is 9.61. The summed E-state index contributed by atoms with van der Waals surface area (Å²) in [5.41, 5.74) is 4.41. The zero-order valence-corrected chi connectivity index (χ0v) is 15.9. The molecule has 0 aliphatic heterocycles. The summed E-state index contributed by atoms with van der Waals surface area (Å²) < 4.78 is 5.37. The van der Waals surface area contributed by atoms with Crippen LogP contribution in [0, 0.1) is 0 Å². The van der Waals surface area contributed by atoms with Gasteiger partial charge in [-0.3, -0.25) is 4.79 Å². The Morgan fingerprint density at radius 2 is 1.66 bits per heavy atom. The van der Waals surface area contributed by atoms with Crippen LogP contribution in [0.3, 0.4) is 0 Å². The van der Waals surface area contributed by atoms with Crippen molar-refractivity contribution in [2.75, 3.05) is 13.2 Å². The molecule has 29 heavy (non-hydrogen) atoms. The number of carboxylic acids is 1. The average Bonchev–Trinajstić information content (AvgIpc) is 3.05. The summed E-state index contributed by atoms with van der Waals surface area (Å²) in [6, 6.07) is 14.8. The van der Waals surface area contributed by atoms with Gasteiger partial charge in [0.2, 0.25) is 6.41 Å².